The van der Waals surface area contributed by atoms with Crippen molar-refractivity contribution in [3.05, 3.63) is 46.1 Å². The number of carboxylic acids is 1. The first kappa shape index (κ1) is 28.5. The van der Waals surface area contributed by atoms with E-state index >= 15 is 0 Å². The lowest BCUT2D eigenvalue weighted by Crippen LogP contribution is -2.58. The summed E-state index contributed by atoms with van der Waals surface area (Å²) in [6.07, 6.45) is 7.18. The number of aryl methyl sites for hydroxylation is 1. The number of nitrogens with zero attached hydrogens (tertiary/aromatic N) is 1. The fraction of sp³-hybridized carbons (Fsp3) is 0.615. The number of carbonyl (C=O) groups excluding carboxylic acids is 1. The summed E-state index contributed by atoms with van der Waals surface area (Å²) in [6.45, 7) is 6.64. The number of carbonyl (C=O) groups is 2. The molecule has 3 rings (SSSR count). The Bertz CT molecular complexity index is 1130. The minimum atomic E-state index is -3.57. The van der Waals surface area contributed by atoms with Crippen LogP contribution in [0.1, 0.15) is 70.4 Å². The van der Waals surface area contributed by atoms with Crippen molar-refractivity contribution < 1.29 is 27.3 Å². The maximum Gasteiger partial charge on any atom is 0.322 e. The number of halogens is 1. The Morgan fingerprint density at radius 2 is 2.06 bits per heavy atom. The fourth-order valence-electron chi connectivity index (χ4n) is 5.03. The number of fused-ring (bicyclic) bond motifs is 1. The molecule has 1 heterocycles. The van der Waals surface area contributed by atoms with Crippen LogP contribution in [-0.4, -0.2) is 49.8 Å². The third-order valence-electron chi connectivity index (χ3n) is 6.93. The van der Waals surface area contributed by atoms with Gasteiger partial charge in [-0.3, -0.25) is 8.98 Å². The molecule has 0 radical (unpaired) electrons. The third kappa shape index (κ3) is 7.23. The van der Waals surface area contributed by atoms with E-state index in [0.717, 1.165) is 48.6 Å². The predicted molar refractivity (Wildman–Crippen MR) is 139 cm³/mol. The second-order valence-electron chi connectivity index (χ2n) is 11.0. The van der Waals surface area contributed by atoms with Crippen LogP contribution in [-0.2, 0) is 31.1 Å². The van der Waals surface area contributed by atoms with E-state index in [0.29, 0.717) is 17.9 Å². The zero-order valence-corrected chi connectivity index (χ0v) is 23.0. The summed E-state index contributed by atoms with van der Waals surface area (Å²) in [7, 11) is -3.57. The fourth-order valence-corrected chi connectivity index (χ4v) is 5.70. The monoisotopic (exact) mass is 540 g/mol. The van der Waals surface area contributed by atoms with Gasteiger partial charge in [0, 0.05) is 17.8 Å². The molecule has 2 N–H and O–H groups in total. The number of rotatable bonds is 10. The van der Waals surface area contributed by atoms with E-state index in [1.165, 1.54) is 4.90 Å². The average Bonchev–Trinajstić information content (AvgIpc) is 2.75. The Morgan fingerprint density at radius 3 is 2.67 bits per heavy atom. The molecule has 0 saturated heterocycles. The lowest BCUT2D eigenvalue weighted by Gasteiger charge is -2.48. The highest BCUT2D eigenvalue weighted by molar-refractivity contribution is 7.85. The standard InChI is InChI=1S/C26H37ClN2O6S/c1-25(2,3)13-9-19-7-8-20(16-22(19)27)26-12-5-6-18(11-15-35-36(4,33)34)21(26)17-29(24(32)28-26)14-10-23(30)31/h7-8,16-18H,5-6,9-15H2,1-4H3,(H,28,32)(H,30,31). The van der Waals surface area contributed by atoms with Gasteiger partial charge in [-0.15, -0.1) is 0 Å². The van der Waals surface area contributed by atoms with Crippen LogP contribution in [0, 0.1) is 11.3 Å². The van der Waals surface area contributed by atoms with Crippen LogP contribution in [0.25, 0.3) is 0 Å². The van der Waals surface area contributed by atoms with Crippen molar-refractivity contribution in [1.29, 1.82) is 0 Å². The van der Waals surface area contributed by atoms with Gasteiger partial charge in [0.15, 0.2) is 0 Å². The highest BCUT2D eigenvalue weighted by atomic mass is 35.5. The van der Waals surface area contributed by atoms with Crippen molar-refractivity contribution in [2.45, 2.75) is 71.3 Å². The van der Waals surface area contributed by atoms with Crippen molar-refractivity contribution >= 4 is 33.7 Å². The second-order valence-corrected chi connectivity index (χ2v) is 13.1. The van der Waals surface area contributed by atoms with E-state index < -0.39 is 21.6 Å². The zero-order valence-electron chi connectivity index (χ0n) is 21.5. The normalized spacial score (nSPS) is 22.6. The van der Waals surface area contributed by atoms with E-state index in [-0.39, 0.29) is 36.9 Å². The number of urea groups is 1. The van der Waals surface area contributed by atoms with E-state index in [2.05, 4.69) is 26.1 Å². The highest BCUT2D eigenvalue weighted by Crippen LogP contribution is 2.48. The summed E-state index contributed by atoms with van der Waals surface area (Å²) < 4.78 is 28.0. The van der Waals surface area contributed by atoms with Gasteiger partial charge in [0.1, 0.15) is 0 Å². The van der Waals surface area contributed by atoms with Crippen molar-refractivity contribution in [3.8, 4) is 0 Å². The Kier molecular flexibility index (Phi) is 8.78. The topological polar surface area (TPSA) is 113 Å². The van der Waals surface area contributed by atoms with Gasteiger partial charge >= 0.3 is 12.0 Å². The van der Waals surface area contributed by atoms with Crippen molar-refractivity contribution in [2.75, 3.05) is 19.4 Å². The molecule has 1 aliphatic heterocycles. The molecule has 10 heteroatoms. The molecular formula is C26H37ClN2O6S. The Morgan fingerprint density at radius 1 is 1.33 bits per heavy atom. The van der Waals surface area contributed by atoms with Crippen molar-refractivity contribution in [3.63, 3.8) is 0 Å². The summed E-state index contributed by atoms with van der Waals surface area (Å²) in [4.78, 5) is 25.6. The summed E-state index contributed by atoms with van der Waals surface area (Å²) in [6, 6.07) is 5.60. The molecule has 200 valence electrons. The van der Waals surface area contributed by atoms with Crippen LogP contribution in [0.15, 0.2) is 30.0 Å². The number of hydrogen-bond acceptors (Lipinski definition) is 5. The predicted octanol–water partition coefficient (Wildman–Crippen LogP) is 5.06. The van der Waals surface area contributed by atoms with Crippen molar-refractivity contribution in [2.24, 2.45) is 11.3 Å². The maximum atomic E-state index is 13.1. The summed E-state index contributed by atoms with van der Waals surface area (Å²) in [5, 5.41) is 12.9. The molecular weight excluding hydrogens is 504 g/mol. The van der Waals surface area contributed by atoms with Crippen LogP contribution in [0.3, 0.4) is 0 Å². The zero-order chi connectivity index (χ0) is 26.7. The highest BCUT2D eigenvalue weighted by Gasteiger charge is 2.47. The molecule has 0 bridgehead atoms. The van der Waals surface area contributed by atoms with Gasteiger partial charge in [0.2, 0.25) is 0 Å². The van der Waals surface area contributed by atoms with Gasteiger partial charge in [-0.1, -0.05) is 44.5 Å². The van der Waals surface area contributed by atoms with Crippen molar-refractivity contribution in [1.82, 2.24) is 10.2 Å². The van der Waals surface area contributed by atoms with Gasteiger partial charge < -0.3 is 15.3 Å². The molecule has 1 aromatic carbocycles. The van der Waals surface area contributed by atoms with E-state index in [4.69, 9.17) is 20.9 Å². The molecule has 1 fully saturated rings. The maximum absolute atomic E-state index is 13.1. The summed E-state index contributed by atoms with van der Waals surface area (Å²) in [5.74, 6) is -1.04. The quantitative estimate of drug-likeness (QED) is 0.401. The molecule has 36 heavy (non-hydrogen) atoms. The van der Waals surface area contributed by atoms with Gasteiger partial charge in [-0.25, -0.2) is 4.79 Å². The molecule has 1 saturated carbocycles. The van der Waals surface area contributed by atoms with E-state index in [9.17, 15) is 18.0 Å². The first-order valence-corrected chi connectivity index (χ1v) is 14.6. The van der Waals surface area contributed by atoms with Gasteiger partial charge in [-0.05, 0) is 72.6 Å². The van der Waals surface area contributed by atoms with E-state index in [1.807, 2.05) is 18.2 Å². The molecule has 0 aromatic heterocycles. The smallest absolute Gasteiger partial charge is 0.322 e. The Hall–Kier alpha value is -2.10. The SMILES string of the molecule is CC(C)(C)CCc1ccc(C23CCCC(CCOS(C)(=O)=O)C2=CN(CCC(=O)O)C(=O)N3)cc1Cl. The Balaban J connectivity index is 1.97. The van der Waals surface area contributed by atoms with Crippen LogP contribution < -0.4 is 5.32 Å². The second kappa shape index (κ2) is 11.1. The molecule has 2 unspecified atom stereocenters. The van der Waals surface area contributed by atoms with Crippen LogP contribution in [0.4, 0.5) is 4.79 Å². The molecule has 2 atom stereocenters. The number of carboxylic acid groups (broad SMARTS) is 1. The lowest BCUT2D eigenvalue weighted by atomic mass is 9.66. The van der Waals surface area contributed by atoms with Crippen LogP contribution >= 0.6 is 11.6 Å². The third-order valence-corrected chi connectivity index (χ3v) is 7.88. The molecule has 1 aliphatic carbocycles. The lowest BCUT2D eigenvalue weighted by molar-refractivity contribution is -0.137. The summed E-state index contributed by atoms with van der Waals surface area (Å²) in [5.41, 5.74) is 2.23. The van der Waals surface area contributed by atoms with E-state index in [1.54, 1.807) is 6.20 Å². The number of benzene rings is 1. The molecule has 2 amide bonds. The molecule has 0 spiro atoms. The molecule has 2 aliphatic rings. The first-order chi connectivity index (χ1) is 16.7. The Labute approximate surface area is 219 Å². The minimum Gasteiger partial charge on any atom is -0.481 e. The van der Waals surface area contributed by atoms with Crippen LogP contribution in [0.5, 0.6) is 0 Å². The largest absolute Gasteiger partial charge is 0.481 e. The minimum absolute atomic E-state index is 0.0342. The van der Waals surface area contributed by atoms with Gasteiger partial charge in [0.25, 0.3) is 10.1 Å². The number of hydrogen-bond donors (Lipinski definition) is 2. The molecule has 1 aromatic rings. The number of amides is 2. The summed E-state index contributed by atoms with van der Waals surface area (Å²) >= 11 is 6.73. The van der Waals surface area contributed by atoms with Gasteiger partial charge in [0.05, 0.1) is 24.8 Å². The van der Waals surface area contributed by atoms with Gasteiger partial charge in [-0.2, -0.15) is 8.42 Å². The molecule has 8 nitrogen and oxygen atoms in total. The average molecular weight is 541 g/mol. The van der Waals surface area contributed by atoms with Crippen LogP contribution in [0.2, 0.25) is 5.02 Å². The number of nitrogens with one attached hydrogen (secondary N) is 1. The first-order valence-electron chi connectivity index (χ1n) is 12.4. The number of aliphatic carboxylic acids is 1.